The summed E-state index contributed by atoms with van der Waals surface area (Å²) in [7, 11) is 1.33. The monoisotopic (exact) mass is 258 g/mol. The number of hydrogen-bond acceptors (Lipinski definition) is 5. The fourth-order valence-electron chi connectivity index (χ4n) is 1.47. The van der Waals surface area contributed by atoms with Crippen LogP contribution in [-0.4, -0.2) is 23.2 Å². The zero-order valence-corrected chi connectivity index (χ0v) is 10.5. The summed E-state index contributed by atoms with van der Waals surface area (Å²) in [6.45, 7) is 0.643. The van der Waals surface area contributed by atoms with E-state index in [0.717, 1.165) is 11.3 Å². The van der Waals surface area contributed by atoms with Crippen molar-refractivity contribution in [1.82, 2.24) is 9.97 Å². The fourth-order valence-corrected chi connectivity index (χ4v) is 1.47. The van der Waals surface area contributed by atoms with Crippen LogP contribution in [0.3, 0.4) is 0 Å². The molecule has 6 nitrogen and oxygen atoms in total. The first kappa shape index (κ1) is 12.8. The summed E-state index contributed by atoms with van der Waals surface area (Å²) < 4.78 is 4.51. The maximum atomic E-state index is 11.0. The lowest BCUT2D eigenvalue weighted by molar-refractivity contribution is 0.187. The van der Waals surface area contributed by atoms with Gasteiger partial charge in [0.2, 0.25) is 0 Å². The summed E-state index contributed by atoms with van der Waals surface area (Å²) >= 11 is 0. The van der Waals surface area contributed by atoms with Crippen molar-refractivity contribution in [2.24, 2.45) is 0 Å². The van der Waals surface area contributed by atoms with Crippen molar-refractivity contribution < 1.29 is 9.53 Å². The summed E-state index contributed by atoms with van der Waals surface area (Å²) in [5.41, 5.74) is 2.62. The van der Waals surface area contributed by atoms with E-state index in [4.69, 9.17) is 0 Å². The molecule has 0 fully saturated rings. The molecule has 0 saturated heterocycles. The smallest absolute Gasteiger partial charge is 0.411 e. The molecule has 6 heteroatoms. The van der Waals surface area contributed by atoms with E-state index in [9.17, 15) is 4.79 Å². The molecular formula is C13H14N4O2. The van der Waals surface area contributed by atoms with Crippen LogP contribution in [0.4, 0.5) is 16.2 Å². The Morgan fingerprint density at radius 2 is 1.79 bits per heavy atom. The number of ether oxygens (including phenoxy) is 1. The third-order valence-electron chi connectivity index (χ3n) is 2.43. The van der Waals surface area contributed by atoms with Gasteiger partial charge < -0.3 is 10.1 Å². The van der Waals surface area contributed by atoms with Gasteiger partial charge in [0.15, 0.2) is 0 Å². The molecule has 2 aromatic rings. The Hall–Kier alpha value is -2.63. The average molecular weight is 258 g/mol. The number of hydrogen-bond donors (Lipinski definition) is 2. The molecule has 1 amide bonds. The van der Waals surface area contributed by atoms with Crippen molar-refractivity contribution >= 4 is 17.5 Å². The standard InChI is InChI=1S/C13H14N4O2/c1-19-13(18)17-12-4-2-11(3-5-12)16-8-10-6-14-9-15-7-10/h2-7,9,16H,8H2,1H3,(H,17,18). The number of carbonyl (C=O) groups excluding carboxylic acids is 1. The van der Waals surface area contributed by atoms with Gasteiger partial charge in [0, 0.05) is 35.9 Å². The molecule has 0 bridgehead atoms. The first-order valence-electron chi connectivity index (χ1n) is 5.71. The second kappa shape index (κ2) is 6.34. The summed E-state index contributed by atoms with van der Waals surface area (Å²) in [4.78, 5) is 18.9. The molecule has 1 heterocycles. The van der Waals surface area contributed by atoms with E-state index in [1.807, 2.05) is 12.1 Å². The van der Waals surface area contributed by atoms with Crippen LogP contribution in [0.25, 0.3) is 0 Å². The van der Waals surface area contributed by atoms with E-state index in [0.29, 0.717) is 12.2 Å². The molecule has 0 saturated carbocycles. The number of carbonyl (C=O) groups is 1. The normalized spacial score (nSPS) is 9.74. The van der Waals surface area contributed by atoms with Crippen molar-refractivity contribution in [3.8, 4) is 0 Å². The lowest BCUT2D eigenvalue weighted by Gasteiger charge is -2.07. The topological polar surface area (TPSA) is 76.1 Å². The highest BCUT2D eigenvalue weighted by Gasteiger charge is 2.00. The van der Waals surface area contributed by atoms with E-state index in [1.165, 1.54) is 13.4 Å². The van der Waals surface area contributed by atoms with Crippen molar-refractivity contribution in [1.29, 1.82) is 0 Å². The number of rotatable bonds is 4. The Balaban J connectivity index is 1.90. The molecule has 0 aliphatic rings. The molecule has 1 aromatic carbocycles. The lowest BCUT2D eigenvalue weighted by atomic mass is 10.2. The molecule has 1 aromatic heterocycles. The van der Waals surface area contributed by atoms with Crippen LogP contribution in [0, 0.1) is 0 Å². The number of amides is 1. The third kappa shape index (κ3) is 3.95. The number of nitrogens with one attached hydrogen (secondary N) is 2. The SMILES string of the molecule is COC(=O)Nc1ccc(NCc2cncnc2)cc1. The van der Waals surface area contributed by atoms with Gasteiger partial charge in [-0.1, -0.05) is 0 Å². The molecule has 2 rings (SSSR count). The van der Waals surface area contributed by atoms with E-state index in [1.54, 1.807) is 24.5 Å². The van der Waals surface area contributed by atoms with Crippen LogP contribution < -0.4 is 10.6 Å². The number of nitrogens with zero attached hydrogens (tertiary/aromatic N) is 2. The zero-order chi connectivity index (χ0) is 13.5. The van der Waals surface area contributed by atoms with E-state index in [-0.39, 0.29) is 0 Å². The minimum absolute atomic E-state index is 0.484. The Bertz CT molecular complexity index is 528. The number of benzene rings is 1. The van der Waals surface area contributed by atoms with Crippen molar-refractivity contribution in [3.05, 3.63) is 48.5 Å². The highest BCUT2D eigenvalue weighted by Crippen LogP contribution is 2.14. The van der Waals surface area contributed by atoms with Crippen LogP contribution in [0.1, 0.15) is 5.56 Å². The number of methoxy groups -OCH3 is 1. The molecule has 0 spiro atoms. The Kier molecular flexibility index (Phi) is 4.28. The maximum absolute atomic E-state index is 11.0. The first-order valence-corrected chi connectivity index (χ1v) is 5.71. The number of aromatic nitrogens is 2. The van der Waals surface area contributed by atoms with Crippen LogP contribution >= 0.6 is 0 Å². The van der Waals surface area contributed by atoms with Crippen molar-refractivity contribution in [2.75, 3.05) is 17.7 Å². The van der Waals surface area contributed by atoms with Gasteiger partial charge in [-0.15, -0.1) is 0 Å². The van der Waals surface area contributed by atoms with Gasteiger partial charge in [0.25, 0.3) is 0 Å². The van der Waals surface area contributed by atoms with Gasteiger partial charge in [-0.3, -0.25) is 5.32 Å². The summed E-state index contributed by atoms with van der Waals surface area (Å²) in [5.74, 6) is 0. The van der Waals surface area contributed by atoms with Gasteiger partial charge in [0.05, 0.1) is 7.11 Å². The summed E-state index contributed by atoms with van der Waals surface area (Å²) in [6.07, 6.45) is 4.53. The molecular weight excluding hydrogens is 244 g/mol. The van der Waals surface area contributed by atoms with Crippen LogP contribution in [-0.2, 0) is 11.3 Å². The second-order valence-corrected chi connectivity index (χ2v) is 3.79. The van der Waals surface area contributed by atoms with Crippen LogP contribution in [0.5, 0.6) is 0 Å². The Morgan fingerprint density at radius 1 is 1.16 bits per heavy atom. The lowest BCUT2D eigenvalue weighted by Crippen LogP contribution is -2.10. The van der Waals surface area contributed by atoms with Gasteiger partial charge in [0.1, 0.15) is 6.33 Å². The minimum atomic E-state index is -0.484. The first-order chi connectivity index (χ1) is 9.28. The molecule has 19 heavy (non-hydrogen) atoms. The predicted octanol–water partition coefficient (Wildman–Crippen LogP) is 2.27. The van der Waals surface area contributed by atoms with E-state index >= 15 is 0 Å². The maximum Gasteiger partial charge on any atom is 0.411 e. The predicted molar refractivity (Wildman–Crippen MR) is 71.8 cm³/mol. The summed E-state index contributed by atoms with van der Waals surface area (Å²) in [6, 6.07) is 7.33. The Labute approximate surface area is 110 Å². The van der Waals surface area contributed by atoms with E-state index in [2.05, 4.69) is 25.3 Å². The van der Waals surface area contributed by atoms with Crippen LogP contribution in [0.2, 0.25) is 0 Å². The number of anilines is 2. The molecule has 0 radical (unpaired) electrons. The van der Waals surface area contributed by atoms with E-state index < -0.39 is 6.09 Å². The quantitative estimate of drug-likeness (QED) is 0.879. The van der Waals surface area contributed by atoms with Gasteiger partial charge in [-0.25, -0.2) is 14.8 Å². The molecule has 2 N–H and O–H groups in total. The van der Waals surface area contributed by atoms with Crippen molar-refractivity contribution in [3.63, 3.8) is 0 Å². The fraction of sp³-hybridized carbons (Fsp3) is 0.154. The average Bonchev–Trinajstić information content (AvgIpc) is 2.47. The Morgan fingerprint density at radius 3 is 2.42 bits per heavy atom. The summed E-state index contributed by atoms with van der Waals surface area (Å²) in [5, 5.41) is 5.82. The van der Waals surface area contributed by atoms with Crippen LogP contribution in [0.15, 0.2) is 43.0 Å². The largest absolute Gasteiger partial charge is 0.453 e. The minimum Gasteiger partial charge on any atom is -0.453 e. The zero-order valence-electron chi connectivity index (χ0n) is 10.5. The highest BCUT2D eigenvalue weighted by atomic mass is 16.5. The third-order valence-corrected chi connectivity index (χ3v) is 2.43. The molecule has 98 valence electrons. The molecule has 0 atom stereocenters. The van der Waals surface area contributed by atoms with Gasteiger partial charge in [-0.05, 0) is 24.3 Å². The van der Waals surface area contributed by atoms with Crippen molar-refractivity contribution in [2.45, 2.75) is 6.54 Å². The highest BCUT2D eigenvalue weighted by molar-refractivity contribution is 5.84. The molecule has 0 aliphatic carbocycles. The molecule has 0 aliphatic heterocycles. The molecule has 0 unspecified atom stereocenters. The van der Waals surface area contributed by atoms with Gasteiger partial charge in [-0.2, -0.15) is 0 Å². The van der Waals surface area contributed by atoms with Gasteiger partial charge >= 0.3 is 6.09 Å². The second-order valence-electron chi connectivity index (χ2n) is 3.79.